The highest BCUT2D eigenvalue weighted by Crippen LogP contribution is 2.33. The molecule has 9 heteroatoms. The molecule has 20 heavy (non-hydrogen) atoms. The van der Waals surface area contributed by atoms with Crippen molar-refractivity contribution in [2.45, 2.75) is 12.8 Å². The van der Waals surface area contributed by atoms with Crippen LogP contribution < -0.4 is 4.90 Å². The third-order valence-electron chi connectivity index (χ3n) is 3.54. The van der Waals surface area contributed by atoms with E-state index in [9.17, 15) is 14.9 Å². The second kappa shape index (κ2) is 4.75. The number of nitrogens with zero attached hydrogens (tertiary/aromatic N) is 4. The Bertz CT molecular complexity index is 671. The van der Waals surface area contributed by atoms with Crippen molar-refractivity contribution in [1.82, 2.24) is 9.38 Å². The second-order valence-corrected chi connectivity index (χ2v) is 5.54. The lowest BCUT2D eigenvalue weighted by Gasteiger charge is -2.29. The Morgan fingerprint density at radius 2 is 2.20 bits per heavy atom. The number of rotatable bonds is 3. The molecule has 0 saturated carbocycles. The van der Waals surface area contributed by atoms with Crippen LogP contribution in [0.5, 0.6) is 0 Å². The molecule has 1 fully saturated rings. The molecular formula is C11H12N4O4S. The van der Waals surface area contributed by atoms with E-state index in [1.165, 1.54) is 15.7 Å². The Kier molecular flexibility index (Phi) is 3.05. The largest absolute Gasteiger partial charge is 0.481 e. The quantitative estimate of drug-likeness (QED) is 0.682. The van der Waals surface area contributed by atoms with Crippen molar-refractivity contribution >= 4 is 33.9 Å². The lowest BCUT2D eigenvalue weighted by molar-refractivity contribution is -0.389. The van der Waals surface area contributed by atoms with E-state index in [0.29, 0.717) is 36.7 Å². The van der Waals surface area contributed by atoms with Crippen LogP contribution in [0.2, 0.25) is 0 Å². The van der Waals surface area contributed by atoms with E-state index in [4.69, 9.17) is 5.11 Å². The zero-order valence-corrected chi connectivity index (χ0v) is 11.2. The first-order valence-corrected chi connectivity index (χ1v) is 7.03. The smallest absolute Gasteiger partial charge is 0.373 e. The average molecular weight is 296 g/mol. The highest BCUT2D eigenvalue weighted by Gasteiger charge is 2.32. The number of hydrogen-bond donors (Lipinski definition) is 1. The van der Waals surface area contributed by atoms with Gasteiger partial charge in [0.1, 0.15) is 6.20 Å². The minimum atomic E-state index is -0.801. The van der Waals surface area contributed by atoms with Crippen molar-refractivity contribution in [2.75, 3.05) is 18.0 Å². The molecule has 1 aliphatic heterocycles. The van der Waals surface area contributed by atoms with Crippen molar-refractivity contribution in [3.63, 3.8) is 0 Å². The van der Waals surface area contributed by atoms with Crippen molar-refractivity contribution in [3.05, 3.63) is 21.7 Å². The zero-order chi connectivity index (χ0) is 14.3. The van der Waals surface area contributed by atoms with E-state index >= 15 is 0 Å². The average Bonchev–Trinajstić information content (AvgIpc) is 2.97. The summed E-state index contributed by atoms with van der Waals surface area (Å²) < 4.78 is 1.46. The molecule has 8 nitrogen and oxygen atoms in total. The molecule has 3 rings (SSSR count). The molecular weight excluding hydrogens is 284 g/mol. The molecule has 106 valence electrons. The molecule has 0 radical (unpaired) electrons. The zero-order valence-electron chi connectivity index (χ0n) is 10.4. The normalized spacial score (nSPS) is 16.7. The Labute approximate surface area is 117 Å². The van der Waals surface area contributed by atoms with E-state index in [1.807, 2.05) is 0 Å². The van der Waals surface area contributed by atoms with Gasteiger partial charge in [-0.2, -0.15) is 9.38 Å². The standard InChI is InChI=1S/C11H12N4O4S/c16-10(17)7-1-3-13(4-2-7)8-9(15(18)19)14-5-6-20-11(14)12-8/h5-7H,1-4H2,(H,16,17). The minimum absolute atomic E-state index is 0.0463. The summed E-state index contributed by atoms with van der Waals surface area (Å²) in [7, 11) is 0. The van der Waals surface area contributed by atoms with Gasteiger partial charge in [0.15, 0.2) is 0 Å². The fraction of sp³-hybridized carbons (Fsp3) is 0.455. The van der Waals surface area contributed by atoms with Gasteiger partial charge >= 0.3 is 11.8 Å². The maximum absolute atomic E-state index is 11.2. The van der Waals surface area contributed by atoms with Crippen LogP contribution in [0, 0.1) is 16.0 Å². The number of carboxylic acid groups (broad SMARTS) is 1. The molecule has 0 bridgehead atoms. The predicted molar refractivity (Wildman–Crippen MR) is 72.3 cm³/mol. The molecule has 0 amide bonds. The summed E-state index contributed by atoms with van der Waals surface area (Å²) in [6.07, 6.45) is 2.59. The first kappa shape index (κ1) is 12.9. The van der Waals surface area contributed by atoms with Gasteiger partial charge in [0.2, 0.25) is 5.82 Å². The highest BCUT2D eigenvalue weighted by molar-refractivity contribution is 7.15. The van der Waals surface area contributed by atoms with Gasteiger partial charge in [-0.15, -0.1) is 0 Å². The third-order valence-corrected chi connectivity index (χ3v) is 4.29. The topological polar surface area (TPSA) is 101 Å². The van der Waals surface area contributed by atoms with E-state index in [-0.39, 0.29) is 11.7 Å². The minimum Gasteiger partial charge on any atom is -0.481 e. The molecule has 2 aromatic rings. The number of carbonyl (C=O) groups is 1. The molecule has 1 N–H and O–H groups in total. The van der Waals surface area contributed by atoms with Gasteiger partial charge < -0.3 is 20.1 Å². The number of fused-ring (bicyclic) bond motifs is 1. The number of nitro groups is 1. The summed E-state index contributed by atoms with van der Waals surface area (Å²) in [5.74, 6) is -0.875. The summed E-state index contributed by atoms with van der Waals surface area (Å²) in [6, 6.07) is 0. The molecule has 1 saturated heterocycles. The number of thiazole rings is 1. The van der Waals surface area contributed by atoms with E-state index in [2.05, 4.69) is 4.98 Å². The van der Waals surface area contributed by atoms with E-state index in [1.54, 1.807) is 16.5 Å². The summed E-state index contributed by atoms with van der Waals surface area (Å²) in [4.78, 5) is 28.4. The first-order chi connectivity index (χ1) is 9.58. The van der Waals surface area contributed by atoms with Crippen molar-refractivity contribution in [2.24, 2.45) is 5.92 Å². The Hall–Kier alpha value is -2.16. The fourth-order valence-electron chi connectivity index (χ4n) is 2.48. The molecule has 2 aromatic heterocycles. The van der Waals surface area contributed by atoms with Gasteiger partial charge in [-0.05, 0) is 17.8 Å². The maximum Gasteiger partial charge on any atom is 0.373 e. The number of imidazole rings is 1. The van der Waals surface area contributed by atoms with Crippen molar-refractivity contribution in [3.8, 4) is 0 Å². The highest BCUT2D eigenvalue weighted by atomic mass is 32.1. The van der Waals surface area contributed by atoms with Crippen LogP contribution >= 0.6 is 11.3 Å². The lowest BCUT2D eigenvalue weighted by atomic mass is 9.97. The molecule has 1 aliphatic rings. The number of aromatic nitrogens is 2. The van der Waals surface area contributed by atoms with E-state index in [0.717, 1.165) is 0 Å². The SMILES string of the molecule is O=C(O)C1CCN(c2nc3sccn3c2[N+](=O)[O-])CC1. The second-order valence-electron chi connectivity index (χ2n) is 4.67. The van der Waals surface area contributed by atoms with Crippen LogP contribution in [0.1, 0.15) is 12.8 Å². The Morgan fingerprint density at radius 1 is 1.50 bits per heavy atom. The maximum atomic E-state index is 11.2. The van der Waals surface area contributed by atoms with Gasteiger partial charge in [0.05, 0.1) is 5.92 Å². The van der Waals surface area contributed by atoms with Crippen LogP contribution in [0.15, 0.2) is 11.6 Å². The van der Waals surface area contributed by atoms with Gasteiger partial charge in [-0.3, -0.25) is 4.79 Å². The first-order valence-electron chi connectivity index (χ1n) is 6.15. The van der Waals surface area contributed by atoms with Crippen LogP contribution in [-0.2, 0) is 4.79 Å². The molecule has 0 spiro atoms. The number of hydrogen-bond acceptors (Lipinski definition) is 6. The fourth-order valence-corrected chi connectivity index (χ4v) is 3.19. The number of piperidine rings is 1. The molecule has 0 aromatic carbocycles. The molecule has 0 aliphatic carbocycles. The van der Waals surface area contributed by atoms with Crippen LogP contribution in [0.4, 0.5) is 11.6 Å². The molecule has 3 heterocycles. The lowest BCUT2D eigenvalue weighted by Crippen LogP contribution is -2.36. The molecule has 0 atom stereocenters. The summed E-state index contributed by atoms with van der Waals surface area (Å²) in [6.45, 7) is 0.950. The molecule has 0 unspecified atom stereocenters. The Balaban J connectivity index is 1.91. The van der Waals surface area contributed by atoms with Gasteiger partial charge in [0, 0.05) is 18.5 Å². The van der Waals surface area contributed by atoms with Gasteiger partial charge in [-0.25, -0.2) is 0 Å². The van der Waals surface area contributed by atoms with Gasteiger partial charge in [-0.1, -0.05) is 11.3 Å². The monoisotopic (exact) mass is 296 g/mol. The van der Waals surface area contributed by atoms with Crippen molar-refractivity contribution in [1.29, 1.82) is 0 Å². The van der Waals surface area contributed by atoms with Crippen LogP contribution in [-0.4, -0.2) is 38.5 Å². The predicted octanol–water partition coefficient (Wildman–Crippen LogP) is 1.60. The third kappa shape index (κ3) is 1.99. The Morgan fingerprint density at radius 3 is 2.80 bits per heavy atom. The van der Waals surface area contributed by atoms with Crippen LogP contribution in [0.3, 0.4) is 0 Å². The number of carboxylic acids is 1. The van der Waals surface area contributed by atoms with Gasteiger partial charge in [0.25, 0.3) is 4.96 Å². The summed E-state index contributed by atoms with van der Waals surface area (Å²) in [5, 5.41) is 22.0. The van der Waals surface area contributed by atoms with E-state index < -0.39 is 10.9 Å². The van der Waals surface area contributed by atoms with Crippen molar-refractivity contribution < 1.29 is 14.8 Å². The summed E-state index contributed by atoms with van der Waals surface area (Å²) in [5.41, 5.74) is 0. The summed E-state index contributed by atoms with van der Waals surface area (Å²) >= 11 is 1.34. The van der Waals surface area contributed by atoms with Crippen LogP contribution in [0.25, 0.3) is 4.96 Å². The number of aliphatic carboxylic acids is 1. The number of anilines is 1.